The van der Waals surface area contributed by atoms with Crippen LogP contribution < -0.4 is 0 Å². The van der Waals surface area contributed by atoms with Crippen molar-refractivity contribution < 1.29 is 30.3 Å². The van der Waals surface area contributed by atoms with Gasteiger partial charge in [-0.3, -0.25) is 6.42 Å². The quantitative estimate of drug-likeness (QED) is 0.427. The maximum Gasteiger partial charge on any atom is 0.0626 e. The Bertz CT molecular complexity index is 148. The first kappa shape index (κ1) is 14.1. The van der Waals surface area contributed by atoms with E-state index in [-0.39, 0.29) is 47.4 Å². The van der Waals surface area contributed by atoms with E-state index in [1.807, 2.05) is 6.42 Å². The third-order valence-electron chi connectivity index (χ3n) is 1.81. The monoisotopic (exact) mass is 369 g/mol. The first-order chi connectivity index (χ1) is 5.63. The molecule has 1 saturated heterocycles. The van der Waals surface area contributed by atoms with Crippen LogP contribution in [0.3, 0.4) is 0 Å². The SMILES string of the molecule is [B][C@H]1[CH-]C(OP(C)C)[C@@H](CC)O1.[W]. The van der Waals surface area contributed by atoms with Gasteiger partial charge in [0, 0.05) is 29.2 Å². The molecule has 1 heterocycles. The van der Waals surface area contributed by atoms with Crippen LogP contribution in [0.25, 0.3) is 0 Å². The Balaban J connectivity index is 0.00000144. The van der Waals surface area contributed by atoms with Gasteiger partial charge in [-0.2, -0.15) is 0 Å². The molecule has 1 aliphatic rings. The van der Waals surface area contributed by atoms with Crippen molar-refractivity contribution in [3.63, 3.8) is 0 Å². The largest absolute Gasteiger partial charge is 0.415 e. The van der Waals surface area contributed by atoms with Crippen LogP contribution in [0.5, 0.6) is 0 Å². The van der Waals surface area contributed by atoms with Crippen molar-refractivity contribution in [3.05, 3.63) is 6.42 Å². The molecular formula is C8H15BO2PW-. The molecule has 1 rings (SSSR count). The Labute approximate surface area is 97.6 Å². The van der Waals surface area contributed by atoms with Crippen LogP contribution in [0.4, 0.5) is 0 Å². The summed E-state index contributed by atoms with van der Waals surface area (Å²) in [5.41, 5.74) is 0. The van der Waals surface area contributed by atoms with E-state index in [0.717, 1.165) is 6.42 Å². The summed E-state index contributed by atoms with van der Waals surface area (Å²) in [6.07, 6.45) is 3.16. The first-order valence-corrected chi connectivity index (χ1v) is 6.39. The van der Waals surface area contributed by atoms with Gasteiger partial charge in [-0.25, -0.2) is 0 Å². The van der Waals surface area contributed by atoms with Crippen molar-refractivity contribution in [2.24, 2.45) is 0 Å². The minimum atomic E-state index is -0.330. The molecule has 0 aromatic heterocycles. The van der Waals surface area contributed by atoms with Gasteiger partial charge in [0.05, 0.1) is 14.0 Å². The predicted molar refractivity (Wildman–Crippen MR) is 52.6 cm³/mol. The van der Waals surface area contributed by atoms with Crippen LogP contribution in [-0.2, 0) is 30.3 Å². The fourth-order valence-corrected chi connectivity index (χ4v) is 2.00. The summed E-state index contributed by atoms with van der Waals surface area (Å²) < 4.78 is 11.1. The number of hydrogen-bond donors (Lipinski definition) is 0. The van der Waals surface area contributed by atoms with Crippen LogP contribution in [0.2, 0.25) is 0 Å². The molecule has 13 heavy (non-hydrogen) atoms. The Kier molecular flexibility index (Phi) is 7.12. The fraction of sp³-hybridized carbons (Fsp3) is 0.875. The molecule has 0 aliphatic carbocycles. The normalized spacial score (nSPS) is 33.4. The van der Waals surface area contributed by atoms with E-state index < -0.39 is 0 Å². The van der Waals surface area contributed by atoms with Gasteiger partial charge in [0.15, 0.2) is 0 Å². The number of rotatable bonds is 3. The molecule has 0 amide bonds. The summed E-state index contributed by atoms with van der Waals surface area (Å²) in [7, 11) is 5.29. The van der Waals surface area contributed by atoms with Gasteiger partial charge in [-0.15, -0.1) is 0 Å². The van der Waals surface area contributed by atoms with Gasteiger partial charge in [0.25, 0.3) is 0 Å². The third-order valence-corrected chi connectivity index (χ3v) is 2.48. The summed E-state index contributed by atoms with van der Waals surface area (Å²) in [4.78, 5) is 0. The number of hydrogen-bond acceptors (Lipinski definition) is 2. The molecule has 0 bridgehead atoms. The van der Waals surface area contributed by atoms with Gasteiger partial charge in [-0.1, -0.05) is 12.9 Å². The van der Waals surface area contributed by atoms with Gasteiger partial charge in [0.1, 0.15) is 0 Å². The molecule has 0 aromatic rings. The molecule has 74 valence electrons. The van der Waals surface area contributed by atoms with Crippen molar-refractivity contribution in [2.45, 2.75) is 31.6 Å². The molecular weight excluding hydrogens is 354 g/mol. The van der Waals surface area contributed by atoms with Crippen LogP contribution >= 0.6 is 8.15 Å². The molecule has 2 radical (unpaired) electrons. The molecule has 0 N–H and O–H groups in total. The fourth-order valence-electron chi connectivity index (χ4n) is 1.31. The van der Waals surface area contributed by atoms with E-state index in [4.69, 9.17) is 17.1 Å². The van der Waals surface area contributed by atoms with Gasteiger partial charge < -0.3 is 9.26 Å². The van der Waals surface area contributed by atoms with Crippen molar-refractivity contribution in [2.75, 3.05) is 13.3 Å². The second-order valence-electron chi connectivity index (χ2n) is 3.12. The Hall–Kier alpha value is 1.10. The first-order valence-electron chi connectivity index (χ1n) is 4.23. The van der Waals surface area contributed by atoms with Gasteiger partial charge in [0.2, 0.25) is 0 Å². The Morgan fingerprint density at radius 3 is 2.62 bits per heavy atom. The van der Waals surface area contributed by atoms with E-state index in [0.29, 0.717) is 0 Å². The van der Waals surface area contributed by atoms with E-state index in [9.17, 15) is 0 Å². The Morgan fingerprint density at radius 1 is 1.54 bits per heavy atom. The number of ether oxygens (including phenoxy) is 1. The summed E-state index contributed by atoms with van der Waals surface area (Å²) >= 11 is 0. The van der Waals surface area contributed by atoms with Crippen molar-refractivity contribution in [3.8, 4) is 0 Å². The maximum absolute atomic E-state index is 5.69. The minimum Gasteiger partial charge on any atom is -0.415 e. The second-order valence-corrected chi connectivity index (χ2v) is 4.96. The zero-order chi connectivity index (χ0) is 9.14. The topological polar surface area (TPSA) is 18.5 Å². The minimum absolute atomic E-state index is 0. The second kappa shape index (κ2) is 6.56. The van der Waals surface area contributed by atoms with Crippen LogP contribution in [-0.4, -0.2) is 39.4 Å². The maximum atomic E-state index is 5.69. The van der Waals surface area contributed by atoms with Crippen LogP contribution in [0, 0.1) is 6.42 Å². The summed E-state index contributed by atoms with van der Waals surface area (Å²) in [5.74, 6) is 0. The predicted octanol–water partition coefficient (Wildman–Crippen LogP) is 1.53. The van der Waals surface area contributed by atoms with Crippen molar-refractivity contribution >= 4 is 16.0 Å². The average molecular weight is 369 g/mol. The smallest absolute Gasteiger partial charge is 0.0626 e. The molecule has 2 nitrogen and oxygen atoms in total. The molecule has 0 spiro atoms. The molecule has 1 aliphatic heterocycles. The van der Waals surface area contributed by atoms with E-state index >= 15 is 0 Å². The summed E-state index contributed by atoms with van der Waals surface area (Å²) in [6.45, 7) is 6.25. The molecule has 3 atom stereocenters. The molecule has 5 heteroatoms. The van der Waals surface area contributed by atoms with E-state index in [1.165, 1.54) is 0 Å². The molecule has 1 unspecified atom stereocenters. The van der Waals surface area contributed by atoms with E-state index in [2.05, 4.69) is 20.3 Å². The zero-order valence-electron chi connectivity index (χ0n) is 8.27. The van der Waals surface area contributed by atoms with Crippen molar-refractivity contribution in [1.29, 1.82) is 0 Å². The summed E-state index contributed by atoms with van der Waals surface area (Å²) in [6, 6.07) is -0.241. The van der Waals surface area contributed by atoms with Gasteiger partial charge >= 0.3 is 0 Å². The Morgan fingerprint density at radius 2 is 2.15 bits per heavy atom. The zero-order valence-corrected chi connectivity index (χ0v) is 12.1. The van der Waals surface area contributed by atoms with Gasteiger partial charge in [-0.05, 0) is 25.9 Å². The van der Waals surface area contributed by atoms with E-state index in [1.54, 1.807) is 0 Å². The van der Waals surface area contributed by atoms with Crippen LogP contribution in [0.15, 0.2) is 0 Å². The van der Waals surface area contributed by atoms with Crippen LogP contribution in [0.1, 0.15) is 13.3 Å². The molecule has 0 aromatic carbocycles. The third kappa shape index (κ3) is 4.43. The molecule has 1 fully saturated rings. The standard InChI is InChI=1S/C8H15BO2P.W/c1-4-6-7(11-12(2)3)5-8(9)10-6;/h5-8H,4H2,1-3H3;/q-1;/t6-,7?,8-;/m1./s1. The average Bonchev–Trinajstić information content (AvgIpc) is 2.29. The molecule has 0 saturated carbocycles. The van der Waals surface area contributed by atoms with Crippen molar-refractivity contribution in [1.82, 2.24) is 0 Å². The summed E-state index contributed by atoms with van der Waals surface area (Å²) in [5, 5.41) is 0.